The van der Waals surface area contributed by atoms with Gasteiger partial charge in [-0.25, -0.2) is 0 Å². The van der Waals surface area contributed by atoms with Crippen LogP contribution in [0.2, 0.25) is 0 Å². The maximum Gasteiger partial charge on any atom is 0.216 e. The largest absolute Gasteiger partial charge is 0.497 e. The zero-order valence-corrected chi connectivity index (χ0v) is 11.4. The number of ether oxygens (including phenoxy) is 1. The smallest absolute Gasteiger partial charge is 0.216 e. The summed E-state index contributed by atoms with van der Waals surface area (Å²) in [4.78, 5) is 23.1. The van der Waals surface area contributed by atoms with Crippen molar-refractivity contribution in [1.29, 1.82) is 0 Å². The zero-order chi connectivity index (χ0) is 15.1. The predicted octanol–water partition coefficient (Wildman–Crippen LogP) is 2.54. The number of rotatable bonds is 6. The summed E-state index contributed by atoms with van der Waals surface area (Å²) >= 11 is 0. The second kappa shape index (κ2) is 7.00. The van der Waals surface area contributed by atoms with E-state index in [-0.39, 0.29) is 5.71 Å². The minimum Gasteiger partial charge on any atom is -0.497 e. The molecule has 2 aromatic rings. The number of nitrogens with zero attached hydrogens (tertiary/aromatic N) is 1. The minimum absolute atomic E-state index is 0.183. The topological polar surface area (TPSA) is 67.8 Å². The van der Waals surface area contributed by atoms with Crippen LogP contribution in [0.25, 0.3) is 0 Å². The Kier molecular flexibility index (Phi) is 4.82. The van der Waals surface area contributed by atoms with Crippen molar-refractivity contribution in [3.63, 3.8) is 0 Å². The van der Waals surface area contributed by atoms with Gasteiger partial charge in [0.15, 0.2) is 12.0 Å². The average Bonchev–Trinajstić information content (AvgIpc) is 2.56. The molecule has 0 saturated carbocycles. The first-order valence-electron chi connectivity index (χ1n) is 6.27. The standard InChI is InChI=1S/C16H14N2O3/c1-21-14-9-7-13(8-10-14)17-18-15(11-19)16(20)12-5-3-2-4-6-12/h2-11,17H,1H3. The van der Waals surface area contributed by atoms with E-state index >= 15 is 0 Å². The Balaban J connectivity index is 2.13. The van der Waals surface area contributed by atoms with E-state index in [2.05, 4.69) is 10.5 Å². The highest BCUT2D eigenvalue weighted by Gasteiger charge is 2.12. The molecule has 0 aromatic heterocycles. The van der Waals surface area contributed by atoms with Gasteiger partial charge in [0, 0.05) is 5.56 Å². The van der Waals surface area contributed by atoms with Gasteiger partial charge >= 0.3 is 0 Å². The molecule has 0 radical (unpaired) electrons. The molecule has 0 aliphatic rings. The lowest BCUT2D eigenvalue weighted by atomic mass is 10.1. The van der Waals surface area contributed by atoms with Crippen LogP contribution in [0.15, 0.2) is 59.7 Å². The number of hydrazone groups is 1. The fourth-order valence-corrected chi connectivity index (χ4v) is 1.66. The fraction of sp³-hybridized carbons (Fsp3) is 0.0625. The van der Waals surface area contributed by atoms with Crippen molar-refractivity contribution in [3.05, 3.63) is 60.2 Å². The van der Waals surface area contributed by atoms with Gasteiger partial charge in [-0.05, 0) is 24.3 Å². The highest BCUT2D eigenvalue weighted by molar-refractivity contribution is 6.63. The number of hydrogen-bond donors (Lipinski definition) is 1. The van der Waals surface area contributed by atoms with Crippen molar-refractivity contribution in [2.24, 2.45) is 5.10 Å². The number of anilines is 1. The Morgan fingerprint density at radius 2 is 1.76 bits per heavy atom. The summed E-state index contributed by atoms with van der Waals surface area (Å²) < 4.78 is 5.04. The van der Waals surface area contributed by atoms with Gasteiger partial charge in [-0.2, -0.15) is 5.10 Å². The lowest BCUT2D eigenvalue weighted by Gasteiger charge is -2.04. The molecule has 0 aliphatic carbocycles. The zero-order valence-electron chi connectivity index (χ0n) is 11.4. The third-order valence-electron chi connectivity index (χ3n) is 2.78. The number of nitrogens with one attached hydrogen (secondary N) is 1. The van der Waals surface area contributed by atoms with Gasteiger partial charge in [0.25, 0.3) is 0 Å². The van der Waals surface area contributed by atoms with E-state index in [0.29, 0.717) is 23.3 Å². The Morgan fingerprint density at radius 3 is 2.33 bits per heavy atom. The quantitative estimate of drug-likeness (QED) is 0.291. The third kappa shape index (κ3) is 3.76. The number of Topliss-reactive ketones (excluding diaryl/α,β-unsaturated/α-hetero) is 1. The van der Waals surface area contributed by atoms with E-state index in [9.17, 15) is 9.59 Å². The Bertz CT molecular complexity index is 649. The number of ketones is 1. The van der Waals surface area contributed by atoms with E-state index in [4.69, 9.17) is 4.74 Å². The number of aldehydes is 1. The van der Waals surface area contributed by atoms with E-state index in [1.54, 1.807) is 61.7 Å². The molecular formula is C16H14N2O3. The minimum atomic E-state index is -0.424. The monoisotopic (exact) mass is 282 g/mol. The number of hydrogen-bond acceptors (Lipinski definition) is 5. The molecule has 0 saturated heterocycles. The molecule has 1 N–H and O–H groups in total. The molecule has 2 aromatic carbocycles. The van der Waals surface area contributed by atoms with Crippen molar-refractivity contribution in [3.8, 4) is 5.75 Å². The van der Waals surface area contributed by atoms with Gasteiger partial charge in [0.1, 0.15) is 5.75 Å². The van der Waals surface area contributed by atoms with Gasteiger partial charge in [0.2, 0.25) is 5.78 Å². The van der Waals surface area contributed by atoms with Crippen molar-refractivity contribution < 1.29 is 14.3 Å². The number of methoxy groups -OCH3 is 1. The summed E-state index contributed by atoms with van der Waals surface area (Å²) in [7, 11) is 1.57. The second-order valence-electron chi connectivity index (χ2n) is 4.15. The first-order valence-corrected chi connectivity index (χ1v) is 6.27. The summed E-state index contributed by atoms with van der Waals surface area (Å²) in [6.07, 6.45) is 0.436. The molecule has 5 nitrogen and oxygen atoms in total. The van der Waals surface area contributed by atoms with Gasteiger partial charge < -0.3 is 4.74 Å². The first-order chi connectivity index (χ1) is 10.2. The van der Waals surface area contributed by atoms with Crippen molar-refractivity contribution in [2.75, 3.05) is 12.5 Å². The lowest BCUT2D eigenvalue weighted by molar-refractivity contribution is -0.102. The molecule has 0 heterocycles. The van der Waals surface area contributed by atoms with Crippen LogP contribution in [0.4, 0.5) is 5.69 Å². The van der Waals surface area contributed by atoms with Crippen LogP contribution >= 0.6 is 0 Å². The maximum absolute atomic E-state index is 12.1. The van der Waals surface area contributed by atoms with E-state index < -0.39 is 5.78 Å². The average molecular weight is 282 g/mol. The molecule has 2 rings (SSSR count). The molecule has 0 fully saturated rings. The first kappa shape index (κ1) is 14.5. The number of carbonyl (C=O) groups excluding carboxylic acids is 2. The van der Waals surface area contributed by atoms with E-state index in [0.717, 1.165) is 0 Å². The molecule has 21 heavy (non-hydrogen) atoms. The Hall–Kier alpha value is -2.95. The molecule has 0 bridgehead atoms. The van der Waals surface area contributed by atoms with Crippen molar-refractivity contribution in [2.45, 2.75) is 0 Å². The highest BCUT2D eigenvalue weighted by Crippen LogP contribution is 2.14. The van der Waals surface area contributed by atoms with Gasteiger partial charge in [-0.1, -0.05) is 30.3 Å². The molecule has 5 heteroatoms. The van der Waals surface area contributed by atoms with Crippen LogP contribution in [0.5, 0.6) is 5.75 Å². The second-order valence-corrected chi connectivity index (χ2v) is 4.15. The van der Waals surface area contributed by atoms with E-state index in [1.165, 1.54) is 0 Å². The van der Waals surface area contributed by atoms with Crippen molar-refractivity contribution >= 4 is 23.5 Å². The SMILES string of the molecule is COc1ccc(NN=C(C=O)C(=O)c2ccccc2)cc1. The number of carbonyl (C=O) groups is 2. The van der Waals surface area contributed by atoms with E-state index in [1.807, 2.05) is 0 Å². The van der Waals surface area contributed by atoms with Gasteiger partial charge in [-0.15, -0.1) is 0 Å². The van der Waals surface area contributed by atoms with Gasteiger partial charge in [0.05, 0.1) is 12.8 Å². The number of benzene rings is 2. The molecule has 106 valence electrons. The molecule has 0 amide bonds. The molecule has 0 unspecified atom stereocenters. The molecule has 0 atom stereocenters. The van der Waals surface area contributed by atoms with Crippen LogP contribution in [0.1, 0.15) is 10.4 Å². The van der Waals surface area contributed by atoms with Gasteiger partial charge in [-0.3, -0.25) is 15.0 Å². The fourth-order valence-electron chi connectivity index (χ4n) is 1.66. The van der Waals surface area contributed by atoms with Crippen LogP contribution in [-0.4, -0.2) is 24.9 Å². The summed E-state index contributed by atoms with van der Waals surface area (Å²) in [5, 5.41) is 3.85. The Morgan fingerprint density at radius 1 is 1.10 bits per heavy atom. The van der Waals surface area contributed by atoms with Crippen molar-refractivity contribution in [1.82, 2.24) is 0 Å². The third-order valence-corrected chi connectivity index (χ3v) is 2.78. The maximum atomic E-state index is 12.1. The Labute approximate surface area is 122 Å². The van der Waals surface area contributed by atoms with Crippen LogP contribution in [0.3, 0.4) is 0 Å². The predicted molar refractivity (Wildman–Crippen MR) is 80.9 cm³/mol. The molecule has 0 spiro atoms. The summed E-state index contributed by atoms with van der Waals surface area (Å²) in [6.45, 7) is 0. The lowest BCUT2D eigenvalue weighted by Crippen LogP contribution is -2.17. The normalized spacial score (nSPS) is 10.8. The summed E-state index contributed by atoms with van der Waals surface area (Å²) in [5.74, 6) is 0.284. The molecular weight excluding hydrogens is 268 g/mol. The summed E-state index contributed by atoms with van der Waals surface area (Å²) in [5.41, 5.74) is 3.56. The molecule has 0 aliphatic heterocycles. The van der Waals surface area contributed by atoms with Crippen LogP contribution in [-0.2, 0) is 4.79 Å². The highest BCUT2D eigenvalue weighted by atomic mass is 16.5. The van der Waals surface area contributed by atoms with Crippen LogP contribution in [0, 0.1) is 0 Å². The van der Waals surface area contributed by atoms with Crippen LogP contribution < -0.4 is 10.2 Å². The summed E-state index contributed by atoms with van der Waals surface area (Å²) in [6, 6.07) is 15.5.